The number of benzene rings is 1. The summed E-state index contributed by atoms with van der Waals surface area (Å²) in [6.45, 7) is 1.96. The summed E-state index contributed by atoms with van der Waals surface area (Å²) in [4.78, 5) is 3.98. The first-order chi connectivity index (χ1) is 7.25. The monoisotopic (exact) mass is 200 g/mol. The third-order valence-electron chi connectivity index (χ3n) is 2.06. The number of anilines is 1. The summed E-state index contributed by atoms with van der Waals surface area (Å²) in [7, 11) is 0. The van der Waals surface area contributed by atoms with Gasteiger partial charge in [0.25, 0.3) is 0 Å². The molecule has 2 rings (SSSR count). The predicted molar refractivity (Wildman–Crippen MR) is 59.9 cm³/mol. The lowest BCUT2D eigenvalue weighted by atomic mass is 10.2. The van der Waals surface area contributed by atoms with Gasteiger partial charge in [-0.2, -0.15) is 0 Å². The SMILES string of the molecule is Cc1cc(N)ccc1Oc1cccnc1. The molecule has 0 bridgehead atoms. The van der Waals surface area contributed by atoms with Gasteiger partial charge in [0.15, 0.2) is 0 Å². The molecule has 2 N–H and O–H groups in total. The molecule has 3 nitrogen and oxygen atoms in total. The Morgan fingerprint density at radius 2 is 2.13 bits per heavy atom. The van der Waals surface area contributed by atoms with Crippen LogP contribution in [-0.4, -0.2) is 4.98 Å². The molecule has 76 valence electrons. The van der Waals surface area contributed by atoms with Crippen molar-refractivity contribution in [2.45, 2.75) is 6.92 Å². The van der Waals surface area contributed by atoms with E-state index < -0.39 is 0 Å². The van der Waals surface area contributed by atoms with Crippen molar-refractivity contribution in [1.29, 1.82) is 0 Å². The Morgan fingerprint density at radius 1 is 1.27 bits per heavy atom. The second kappa shape index (κ2) is 4.00. The first-order valence-corrected chi connectivity index (χ1v) is 4.70. The lowest BCUT2D eigenvalue weighted by Crippen LogP contribution is -1.90. The van der Waals surface area contributed by atoms with E-state index in [1.54, 1.807) is 12.4 Å². The van der Waals surface area contributed by atoms with Gasteiger partial charge in [-0.1, -0.05) is 0 Å². The fourth-order valence-corrected chi connectivity index (χ4v) is 1.32. The minimum atomic E-state index is 0.727. The van der Waals surface area contributed by atoms with E-state index in [2.05, 4.69) is 4.98 Å². The molecule has 2 aromatic rings. The van der Waals surface area contributed by atoms with Gasteiger partial charge < -0.3 is 10.5 Å². The first kappa shape index (κ1) is 9.52. The van der Waals surface area contributed by atoms with Crippen LogP contribution in [0.4, 0.5) is 5.69 Å². The van der Waals surface area contributed by atoms with Crippen molar-refractivity contribution in [2.24, 2.45) is 0 Å². The van der Waals surface area contributed by atoms with Gasteiger partial charge in [-0.25, -0.2) is 0 Å². The zero-order chi connectivity index (χ0) is 10.7. The lowest BCUT2D eigenvalue weighted by Gasteiger charge is -2.08. The summed E-state index contributed by atoms with van der Waals surface area (Å²) >= 11 is 0. The summed E-state index contributed by atoms with van der Waals surface area (Å²) in [5.41, 5.74) is 7.41. The fourth-order valence-electron chi connectivity index (χ4n) is 1.32. The normalized spacial score (nSPS) is 9.93. The van der Waals surface area contributed by atoms with Crippen LogP contribution in [0.2, 0.25) is 0 Å². The highest BCUT2D eigenvalue weighted by Gasteiger charge is 2.01. The van der Waals surface area contributed by atoms with Crippen LogP contribution in [-0.2, 0) is 0 Å². The molecule has 0 aliphatic rings. The van der Waals surface area contributed by atoms with E-state index in [4.69, 9.17) is 10.5 Å². The van der Waals surface area contributed by atoms with Gasteiger partial charge in [0.05, 0.1) is 6.20 Å². The fraction of sp³-hybridized carbons (Fsp3) is 0.0833. The topological polar surface area (TPSA) is 48.1 Å². The van der Waals surface area contributed by atoms with E-state index in [1.807, 2.05) is 37.3 Å². The molecular formula is C12H12N2O. The first-order valence-electron chi connectivity index (χ1n) is 4.70. The summed E-state index contributed by atoms with van der Waals surface area (Å²) < 4.78 is 5.65. The molecule has 0 amide bonds. The Bertz CT molecular complexity index is 454. The standard InChI is InChI=1S/C12H12N2O/c1-9-7-10(13)4-5-12(9)15-11-3-2-6-14-8-11/h2-8H,13H2,1H3. The van der Waals surface area contributed by atoms with Crippen molar-refractivity contribution in [3.8, 4) is 11.5 Å². The lowest BCUT2D eigenvalue weighted by molar-refractivity contribution is 0.476. The van der Waals surface area contributed by atoms with Crippen LogP contribution < -0.4 is 10.5 Å². The highest BCUT2D eigenvalue weighted by atomic mass is 16.5. The van der Waals surface area contributed by atoms with Crippen LogP contribution >= 0.6 is 0 Å². The van der Waals surface area contributed by atoms with Crippen molar-refractivity contribution in [2.75, 3.05) is 5.73 Å². The Labute approximate surface area is 88.5 Å². The van der Waals surface area contributed by atoms with Crippen molar-refractivity contribution in [3.05, 3.63) is 48.3 Å². The van der Waals surface area contributed by atoms with Gasteiger partial charge in [-0.05, 0) is 42.8 Å². The molecule has 1 heterocycles. The van der Waals surface area contributed by atoms with Crippen molar-refractivity contribution in [3.63, 3.8) is 0 Å². The molecule has 0 fully saturated rings. The number of hydrogen-bond acceptors (Lipinski definition) is 3. The number of nitrogens with two attached hydrogens (primary N) is 1. The van der Waals surface area contributed by atoms with E-state index in [0.29, 0.717) is 0 Å². The number of aryl methyl sites for hydroxylation is 1. The minimum absolute atomic E-state index is 0.727. The number of nitrogen functional groups attached to an aromatic ring is 1. The quantitative estimate of drug-likeness (QED) is 0.758. The van der Waals surface area contributed by atoms with E-state index in [0.717, 1.165) is 22.7 Å². The van der Waals surface area contributed by atoms with Gasteiger partial charge in [0.2, 0.25) is 0 Å². The van der Waals surface area contributed by atoms with Crippen molar-refractivity contribution in [1.82, 2.24) is 4.98 Å². The smallest absolute Gasteiger partial charge is 0.145 e. The third kappa shape index (κ3) is 2.26. The van der Waals surface area contributed by atoms with Crippen LogP contribution in [0.3, 0.4) is 0 Å². The van der Waals surface area contributed by atoms with Crippen LogP contribution in [0, 0.1) is 6.92 Å². The number of ether oxygens (including phenoxy) is 1. The summed E-state index contributed by atoms with van der Waals surface area (Å²) in [6, 6.07) is 9.26. The van der Waals surface area contributed by atoms with E-state index in [9.17, 15) is 0 Å². The van der Waals surface area contributed by atoms with Gasteiger partial charge in [0, 0.05) is 11.9 Å². The molecular weight excluding hydrogens is 188 g/mol. The van der Waals surface area contributed by atoms with Gasteiger partial charge in [0.1, 0.15) is 11.5 Å². The Morgan fingerprint density at radius 3 is 2.80 bits per heavy atom. The zero-order valence-electron chi connectivity index (χ0n) is 8.47. The molecule has 0 aliphatic heterocycles. The van der Waals surface area contributed by atoms with Crippen LogP contribution in [0.15, 0.2) is 42.7 Å². The molecule has 1 aromatic heterocycles. The Kier molecular flexibility index (Phi) is 2.54. The number of rotatable bonds is 2. The Balaban J connectivity index is 2.25. The highest BCUT2D eigenvalue weighted by Crippen LogP contribution is 2.25. The maximum Gasteiger partial charge on any atom is 0.145 e. The molecule has 0 spiro atoms. The van der Waals surface area contributed by atoms with Crippen LogP contribution in [0.1, 0.15) is 5.56 Å². The predicted octanol–water partition coefficient (Wildman–Crippen LogP) is 2.76. The molecule has 15 heavy (non-hydrogen) atoms. The zero-order valence-corrected chi connectivity index (χ0v) is 8.47. The van der Waals surface area contributed by atoms with Crippen molar-refractivity contribution >= 4 is 5.69 Å². The molecule has 0 atom stereocenters. The van der Waals surface area contributed by atoms with E-state index >= 15 is 0 Å². The molecule has 3 heteroatoms. The van der Waals surface area contributed by atoms with Crippen molar-refractivity contribution < 1.29 is 4.74 Å². The molecule has 0 saturated heterocycles. The van der Waals surface area contributed by atoms with E-state index in [1.165, 1.54) is 0 Å². The highest BCUT2D eigenvalue weighted by molar-refractivity contribution is 5.48. The van der Waals surface area contributed by atoms with Gasteiger partial charge in [-0.3, -0.25) is 4.98 Å². The van der Waals surface area contributed by atoms with E-state index in [-0.39, 0.29) is 0 Å². The summed E-state index contributed by atoms with van der Waals surface area (Å²) in [6.07, 6.45) is 3.39. The summed E-state index contributed by atoms with van der Waals surface area (Å²) in [5.74, 6) is 1.53. The number of aromatic nitrogens is 1. The molecule has 0 saturated carbocycles. The van der Waals surface area contributed by atoms with Crippen LogP contribution in [0.5, 0.6) is 11.5 Å². The van der Waals surface area contributed by atoms with Gasteiger partial charge >= 0.3 is 0 Å². The van der Waals surface area contributed by atoms with Crippen LogP contribution in [0.25, 0.3) is 0 Å². The average molecular weight is 200 g/mol. The number of nitrogens with zero attached hydrogens (tertiary/aromatic N) is 1. The maximum atomic E-state index is 5.65. The molecule has 0 radical (unpaired) electrons. The minimum Gasteiger partial charge on any atom is -0.455 e. The largest absolute Gasteiger partial charge is 0.455 e. The third-order valence-corrected chi connectivity index (χ3v) is 2.06. The molecule has 1 aromatic carbocycles. The Hall–Kier alpha value is -2.03. The molecule has 0 aliphatic carbocycles. The number of hydrogen-bond donors (Lipinski definition) is 1. The van der Waals surface area contributed by atoms with Gasteiger partial charge in [-0.15, -0.1) is 0 Å². The second-order valence-corrected chi connectivity index (χ2v) is 3.32. The molecule has 0 unspecified atom stereocenters. The maximum absolute atomic E-state index is 5.65. The number of pyridine rings is 1. The summed E-state index contributed by atoms with van der Waals surface area (Å²) in [5, 5.41) is 0. The average Bonchev–Trinajstić information content (AvgIpc) is 2.24. The second-order valence-electron chi connectivity index (χ2n) is 3.32.